The fraction of sp³-hybridized carbons (Fsp3) is 0.458. The highest BCUT2D eigenvalue weighted by Crippen LogP contribution is 2.23. The Kier molecular flexibility index (Phi) is 10.3. The van der Waals surface area contributed by atoms with Crippen LogP contribution in [0, 0.1) is 0 Å². The van der Waals surface area contributed by atoms with Crippen molar-refractivity contribution in [3.63, 3.8) is 0 Å². The number of benzene rings is 2. The van der Waals surface area contributed by atoms with Gasteiger partial charge in [-0.1, -0.05) is 31.2 Å². The van der Waals surface area contributed by atoms with E-state index in [1.165, 1.54) is 11.4 Å². The van der Waals surface area contributed by atoms with E-state index in [1.807, 2.05) is 24.3 Å². The number of amides is 1. The van der Waals surface area contributed by atoms with Crippen LogP contribution in [0.4, 0.5) is 5.69 Å². The Labute approximate surface area is 191 Å². The first-order chi connectivity index (χ1) is 15.3. The number of hydrogen-bond acceptors (Lipinski definition) is 5. The number of nitrogens with zero attached hydrogens (tertiary/aromatic N) is 1. The Balaban J connectivity index is 1.77. The Morgan fingerprint density at radius 1 is 1.09 bits per heavy atom. The Hall–Kier alpha value is -2.74. The van der Waals surface area contributed by atoms with Crippen LogP contribution in [0.15, 0.2) is 48.5 Å². The minimum Gasteiger partial charge on any atom is -0.497 e. The molecule has 32 heavy (non-hydrogen) atoms. The summed E-state index contributed by atoms with van der Waals surface area (Å²) in [6, 6.07) is 14.8. The summed E-state index contributed by atoms with van der Waals surface area (Å²) in [4.78, 5) is 12.2. The number of methoxy groups -OCH3 is 1. The topological polar surface area (TPSA) is 84.9 Å². The monoisotopic (exact) mass is 462 g/mol. The zero-order valence-corrected chi connectivity index (χ0v) is 20.0. The summed E-state index contributed by atoms with van der Waals surface area (Å²) in [7, 11) is -1.94. The van der Waals surface area contributed by atoms with Gasteiger partial charge in [0.1, 0.15) is 11.5 Å². The molecule has 0 atom stereocenters. The van der Waals surface area contributed by atoms with Gasteiger partial charge in [-0.2, -0.15) is 0 Å². The number of hydrogen-bond donors (Lipinski definition) is 1. The minimum atomic E-state index is -3.47. The largest absolute Gasteiger partial charge is 0.497 e. The number of aryl methyl sites for hydroxylation is 1. The molecule has 0 aliphatic heterocycles. The molecule has 0 fully saturated rings. The SMILES string of the molecule is CCCOc1ccccc1CCCNC(=O)CCCN(c1cccc(OC)c1)S(C)(=O)=O. The molecule has 0 aliphatic rings. The second-order valence-corrected chi connectivity index (χ2v) is 9.46. The normalized spacial score (nSPS) is 11.1. The highest BCUT2D eigenvalue weighted by atomic mass is 32.2. The van der Waals surface area contributed by atoms with Gasteiger partial charge in [0.2, 0.25) is 15.9 Å². The van der Waals surface area contributed by atoms with E-state index in [1.54, 1.807) is 24.3 Å². The average molecular weight is 463 g/mol. The maximum atomic E-state index is 12.2. The first-order valence-electron chi connectivity index (χ1n) is 10.9. The van der Waals surface area contributed by atoms with E-state index in [9.17, 15) is 13.2 Å². The van der Waals surface area contributed by atoms with Crippen LogP contribution in [0.5, 0.6) is 11.5 Å². The molecule has 2 rings (SSSR count). The van der Waals surface area contributed by atoms with Crippen molar-refractivity contribution in [3.05, 3.63) is 54.1 Å². The number of para-hydroxylation sites is 1. The van der Waals surface area contributed by atoms with Crippen molar-refractivity contribution in [3.8, 4) is 11.5 Å². The number of carbonyl (C=O) groups is 1. The van der Waals surface area contributed by atoms with Gasteiger partial charge in [0.15, 0.2) is 0 Å². The summed E-state index contributed by atoms with van der Waals surface area (Å²) in [5.74, 6) is 1.40. The van der Waals surface area contributed by atoms with Crippen LogP contribution >= 0.6 is 0 Å². The molecule has 0 bridgehead atoms. The smallest absolute Gasteiger partial charge is 0.232 e. The van der Waals surface area contributed by atoms with Crippen molar-refractivity contribution in [1.29, 1.82) is 0 Å². The van der Waals surface area contributed by atoms with Gasteiger partial charge in [0.05, 0.1) is 25.7 Å². The van der Waals surface area contributed by atoms with Crippen molar-refractivity contribution in [2.24, 2.45) is 0 Å². The van der Waals surface area contributed by atoms with Crippen molar-refractivity contribution in [2.75, 3.05) is 37.4 Å². The third-order valence-corrected chi connectivity index (χ3v) is 6.08. The van der Waals surface area contributed by atoms with Crippen molar-refractivity contribution in [2.45, 2.75) is 39.0 Å². The van der Waals surface area contributed by atoms with Crippen LogP contribution in [-0.4, -0.2) is 47.4 Å². The fourth-order valence-electron chi connectivity index (χ4n) is 3.29. The predicted octanol–water partition coefficient (Wildman–Crippen LogP) is 3.78. The molecule has 0 saturated heterocycles. The van der Waals surface area contributed by atoms with Crippen LogP contribution in [0.25, 0.3) is 0 Å². The lowest BCUT2D eigenvalue weighted by Gasteiger charge is -2.22. The van der Waals surface area contributed by atoms with Gasteiger partial charge in [-0.05, 0) is 49.4 Å². The molecule has 0 spiro atoms. The summed E-state index contributed by atoms with van der Waals surface area (Å²) < 4.78 is 36.7. The molecule has 0 radical (unpaired) electrons. The van der Waals surface area contributed by atoms with E-state index in [4.69, 9.17) is 9.47 Å². The maximum Gasteiger partial charge on any atom is 0.232 e. The van der Waals surface area contributed by atoms with Crippen LogP contribution in [-0.2, 0) is 21.2 Å². The Morgan fingerprint density at radius 2 is 1.88 bits per heavy atom. The first kappa shape index (κ1) is 25.5. The highest BCUT2D eigenvalue weighted by Gasteiger charge is 2.18. The maximum absolute atomic E-state index is 12.2. The standard InChI is InChI=1S/C24H34N2O5S/c1-4-18-31-23-14-6-5-10-20(23)11-8-16-25-24(27)15-9-17-26(32(3,28)29)21-12-7-13-22(19-21)30-2/h5-7,10,12-14,19H,4,8-9,11,15-18H2,1-3H3,(H,25,27). The predicted molar refractivity (Wildman–Crippen MR) is 128 cm³/mol. The quantitative estimate of drug-likeness (QED) is 0.432. The summed E-state index contributed by atoms with van der Waals surface area (Å²) in [5, 5.41) is 2.92. The molecule has 0 heterocycles. The molecule has 2 aromatic rings. The summed E-state index contributed by atoms with van der Waals surface area (Å²) >= 11 is 0. The molecule has 176 valence electrons. The van der Waals surface area contributed by atoms with Crippen molar-refractivity contribution < 1.29 is 22.7 Å². The number of sulfonamides is 1. The van der Waals surface area contributed by atoms with E-state index < -0.39 is 10.0 Å². The third kappa shape index (κ3) is 8.42. The number of nitrogens with one attached hydrogen (secondary N) is 1. The van der Waals surface area contributed by atoms with Gasteiger partial charge in [-0.25, -0.2) is 8.42 Å². The molecule has 2 aromatic carbocycles. The fourth-order valence-corrected chi connectivity index (χ4v) is 4.25. The van der Waals surface area contributed by atoms with Gasteiger partial charge in [0.25, 0.3) is 0 Å². The molecule has 0 aromatic heterocycles. The first-order valence-corrected chi connectivity index (χ1v) is 12.8. The van der Waals surface area contributed by atoms with Gasteiger partial charge >= 0.3 is 0 Å². The zero-order valence-electron chi connectivity index (χ0n) is 19.2. The third-order valence-electron chi connectivity index (χ3n) is 4.89. The molecule has 8 heteroatoms. The van der Waals surface area contributed by atoms with Gasteiger partial charge in [0, 0.05) is 25.6 Å². The summed E-state index contributed by atoms with van der Waals surface area (Å²) in [5.41, 5.74) is 1.66. The molecule has 1 N–H and O–H groups in total. The lowest BCUT2D eigenvalue weighted by molar-refractivity contribution is -0.121. The van der Waals surface area contributed by atoms with E-state index >= 15 is 0 Å². The molecule has 0 aliphatic carbocycles. The van der Waals surface area contributed by atoms with E-state index in [0.717, 1.165) is 36.8 Å². The molecular weight excluding hydrogens is 428 g/mol. The van der Waals surface area contributed by atoms with Gasteiger partial charge < -0.3 is 14.8 Å². The van der Waals surface area contributed by atoms with Crippen LogP contribution in [0.2, 0.25) is 0 Å². The summed E-state index contributed by atoms with van der Waals surface area (Å²) in [6.45, 7) is 3.55. The van der Waals surface area contributed by atoms with E-state index in [-0.39, 0.29) is 18.9 Å². The number of carbonyl (C=O) groups excluding carboxylic acids is 1. The molecule has 0 unspecified atom stereocenters. The van der Waals surface area contributed by atoms with Crippen LogP contribution in [0.1, 0.15) is 38.2 Å². The second-order valence-electron chi connectivity index (χ2n) is 7.55. The van der Waals surface area contributed by atoms with Crippen LogP contribution < -0.4 is 19.1 Å². The van der Waals surface area contributed by atoms with Crippen molar-refractivity contribution >= 4 is 21.6 Å². The molecule has 0 saturated carbocycles. The number of ether oxygens (including phenoxy) is 2. The molecule has 1 amide bonds. The van der Waals surface area contributed by atoms with Gasteiger partial charge in [-0.15, -0.1) is 0 Å². The highest BCUT2D eigenvalue weighted by molar-refractivity contribution is 7.92. The number of anilines is 1. The lowest BCUT2D eigenvalue weighted by atomic mass is 10.1. The Bertz CT molecular complexity index is 962. The van der Waals surface area contributed by atoms with Gasteiger partial charge in [-0.3, -0.25) is 9.10 Å². The number of rotatable bonds is 14. The van der Waals surface area contributed by atoms with Crippen LogP contribution in [0.3, 0.4) is 0 Å². The Morgan fingerprint density at radius 3 is 2.59 bits per heavy atom. The summed E-state index contributed by atoms with van der Waals surface area (Å²) in [6.07, 6.45) is 4.42. The molecular formula is C24H34N2O5S. The average Bonchev–Trinajstić information content (AvgIpc) is 2.78. The van der Waals surface area contributed by atoms with E-state index in [2.05, 4.69) is 12.2 Å². The van der Waals surface area contributed by atoms with Crippen molar-refractivity contribution in [1.82, 2.24) is 5.32 Å². The van der Waals surface area contributed by atoms with E-state index in [0.29, 0.717) is 31.0 Å². The second kappa shape index (κ2) is 13.0. The lowest BCUT2D eigenvalue weighted by Crippen LogP contribution is -2.32. The minimum absolute atomic E-state index is 0.0837. The molecule has 7 nitrogen and oxygen atoms in total. The zero-order chi connectivity index (χ0) is 23.4.